The molecule has 0 aliphatic heterocycles. The zero-order valence-electron chi connectivity index (χ0n) is 25.0. The molecule has 7 heteroatoms. The second-order valence-electron chi connectivity index (χ2n) is 11.4. The van der Waals surface area contributed by atoms with Gasteiger partial charge in [-0.3, -0.25) is 4.72 Å². The first-order valence-electron chi connectivity index (χ1n) is 13.0. The minimum atomic E-state index is -3.67. The standard InChI is InChI=1S/C32H41NO5S/c1-18-12-14-24(16-20(18)3)26-22(5)27(25-15-13-19(2)21(4)17-25)29(33-39(11,35)36)23(6)28(26)30(31(34)37-10)38-32(7,8)9/h12-17,30,33H,1-11H3. The quantitative estimate of drug-likeness (QED) is 0.312. The zero-order valence-corrected chi connectivity index (χ0v) is 25.8. The summed E-state index contributed by atoms with van der Waals surface area (Å²) >= 11 is 0. The largest absolute Gasteiger partial charge is 0.467 e. The van der Waals surface area contributed by atoms with Crippen molar-refractivity contribution in [1.82, 2.24) is 0 Å². The van der Waals surface area contributed by atoms with Crippen molar-refractivity contribution in [3.63, 3.8) is 0 Å². The van der Waals surface area contributed by atoms with Gasteiger partial charge in [0.1, 0.15) is 0 Å². The highest BCUT2D eigenvalue weighted by Crippen LogP contribution is 2.47. The summed E-state index contributed by atoms with van der Waals surface area (Å²) < 4.78 is 39.7. The van der Waals surface area contributed by atoms with Crippen molar-refractivity contribution in [3.05, 3.63) is 75.3 Å². The average Bonchev–Trinajstić information content (AvgIpc) is 2.81. The highest BCUT2D eigenvalue weighted by atomic mass is 32.2. The summed E-state index contributed by atoms with van der Waals surface area (Å²) in [5.41, 5.74) is 9.62. The summed E-state index contributed by atoms with van der Waals surface area (Å²) in [7, 11) is -2.33. The van der Waals surface area contributed by atoms with Crippen LogP contribution < -0.4 is 4.72 Å². The maximum atomic E-state index is 13.3. The van der Waals surface area contributed by atoms with Gasteiger partial charge in [-0.1, -0.05) is 36.4 Å². The van der Waals surface area contributed by atoms with E-state index in [0.29, 0.717) is 16.8 Å². The highest BCUT2D eigenvalue weighted by molar-refractivity contribution is 7.92. The molecule has 0 heterocycles. The van der Waals surface area contributed by atoms with Crippen molar-refractivity contribution in [2.75, 3.05) is 18.1 Å². The average molecular weight is 552 g/mol. The summed E-state index contributed by atoms with van der Waals surface area (Å²) in [5.74, 6) is -0.554. The zero-order chi connectivity index (χ0) is 29.4. The molecule has 1 N–H and O–H groups in total. The molecular weight excluding hydrogens is 510 g/mol. The maximum absolute atomic E-state index is 13.3. The van der Waals surface area contributed by atoms with Crippen LogP contribution in [0.5, 0.6) is 0 Å². The molecule has 3 aromatic carbocycles. The molecule has 0 aliphatic rings. The third-order valence-corrected chi connectivity index (χ3v) is 7.65. The second kappa shape index (κ2) is 11.1. The Morgan fingerprint density at radius 3 is 1.69 bits per heavy atom. The molecule has 0 bridgehead atoms. The highest BCUT2D eigenvalue weighted by Gasteiger charge is 2.35. The molecule has 210 valence electrons. The molecule has 0 saturated carbocycles. The van der Waals surface area contributed by atoms with Crippen LogP contribution in [-0.2, 0) is 24.3 Å². The lowest BCUT2D eigenvalue weighted by Gasteiger charge is -2.32. The molecule has 0 aromatic heterocycles. The van der Waals surface area contributed by atoms with E-state index in [0.717, 1.165) is 56.3 Å². The number of benzene rings is 3. The number of hydrogen-bond acceptors (Lipinski definition) is 5. The van der Waals surface area contributed by atoms with Crippen molar-refractivity contribution >= 4 is 21.7 Å². The number of esters is 1. The SMILES string of the molecule is COC(=O)C(OC(C)(C)C)c1c(C)c(NS(C)(=O)=O)c(-c2ccc(C)c(C)c2)c(C)c1-c1ccc(C)c(C)c1. The van der Waals surface area contributed by atoms with Crippen molar-refractivity contribution in [1.29, 1.82) is 0 Å². The predicted molar refractivity (Wildman–Crippen MR) is 160 cm³/mol. The lowest BCUT2D eigenvalue weighted by atomic mass is 9.81. The van der Waals surface area contributed by atoms with E-state index in [-0.39, 0.29) is 0 Å². The Morgan fingerprint density at radius 1 is 0.795 bits per heavy atom. The first kappa shape index (κ1) is 30.4. The van der Waals surface area contributed by atoms with Crippen LogP contribution >= 0.6 is 0 Å². The van der Waals surface area contributed by atoms with Gasteiger partial charge in [0.05, 0.1) is 24.7 Å². The van der Waals surface area contributed by atoms with E-state index in [2.05, 4.69) is 29.8 Å². The van der Waals surface area contributed by atoms with Crippen molar-refractivity contribution < 1.29 is 22.7 Å². The molecule has 0 amide bonds. The minimum absolute atomic E-state index is 0.423. The van der Waals surface area contributed by atoms with Gasteiger partial charge in [-0.2, -0.15) is 0 Å². The van der Waals surface area contributed by atoms with Crippen LogP contribution in [-0.4, -0.2) is 33.4 Å². The molecule has 0 fully saturated rings. The number of methoxy groups -OCH3 is 1. The number of carbonyl (C=O) groups is 1. The molecule has 0 spiro atoms. The van der Waals surface area contributed by atoms with Gasteiger partial charge >= 0.3 is 5.97 Å². The van der Waals surface area contributed by atoms with E-state index in [4.69, 9.17) is 9.47 Å². The Kier molecular flexibility index (Phi) is 8.68. The summed E-state index contributed by atoms with van der Waals surface area (Å²) in [6, 6.07) is 12.3. The molecular formula is C32H41NO5S. The predicted octanol–water partition coefficient (Wildman–Crippen LogP) is 7.27. The summed E-state index contributed by atoms with van der Waals surface area (Å²) in [6.45, 7) is 17.6. The number of ether oxygens (including phenoxy) is 2. The van der Waals surface area contributed by atoms with Gasteiger partial charge < -0.3 is 9.47 Å². The number of rotatable bonds is 7. The van der Waals surface area contributed by atoms with E-state index >= 15 is 0 Å². The van der Waals surface area contributed by atoms with Gasteiger partial charge in [0.2, 0.25) is 10.0 Å². The van der Waals surface area contributed by atoms with Gasteiger partial charge in [0.25, 0.3) is 0 Å². The molecule has 1 unspecified atom stereocenters. The van der Waals surface area contributed by atoms with Gasteiger partial charge in [0, 0.05) is 11.1 Å². The van der Waals surface area contributed by atoms with Crippen LogP contribution in [0, 0.1) is 41.5 Å². The number of anilines is 1. The normalized spacial score (nSPS) is 12.8. The smallest absolute Gasteiger partial charge is 0.339 e. The first-order chi connectivity index (χ1) is 17.9. The van der Waals surface area contributed by atoms with Crippen molar-refractivity contribution in [2.45, 2.75) is 74.0 Å². The van der Waals surface area contributed by atoms with Crippen LogP contribution in [0.1, 0.15) is 65.8 Å². The van der Waals surface area contributed by atoms with Crippen LogP contribution in [0.25, 0.3) is 22.3 Å². The number of carbonyl (C=O) groups excluding carboxylic acids is 1. The molecule has 3 aromatic rings. The summed E-state index contributed by atoms with van der Waals surface area (Å²) in [5, 5.41) is 0. The van der Waals surface area contributed by atoms with E-state index in [1.54, 1.807) is 0 Å². The first-order valence-corrected chi connectivity index (χ1v) is 14.9. The number of hydrogen-bond donors (Lipinski definition) is 1. The molecule has 0 saturated heterocycles. The fourth-order valence-electron chi connectivity index (χ4n) is 4.88. The molecule has 0 aliphatic carbocycles. The van der Waals surface area contributed by atoms with E-state index < -0.39 is 27.7 Å². The molecule has 0 radical (unpaired) electrons. The van der Waals surface area contributed by atoms with Crippen LogP contribution in [0.15, 0.2) is 36.4 Å². The number of sulfonamides is 1. The lowest BCUT2D eigenvalue weighted by Crippen LogP contribution is -2.29. The van der Waals surface area contributed by atoms with Gasteiger partial charge in [0.15, 0.2) is 6.10 Å². The fourth-order valence-corrected chi connectivity index (χ4v) is 5.50. The van der Waals surface area contributed by atoms with Crippen molar-refractivity contribution in [3.8, 4) is 22.3 Å². The summed E-state index contributed by atoms with van der Waals surface area (Å²) in [6.07, 6.45) is 0.0472. The number of nitrogens with one attached hydrogen (secondary N) is 1. The molecule has 1 atom stereocenters. The van der Waals surface area contributed by atoms with Crippen LogP contribution in [0.4, 0.5) is 5.69 Å². The number of aryl methyl sites for hydroxylation is 4. The molecule has 39 heavy (non-hydrogen) atoms. The van der Waals surface area contributed by atoms with Gasteiger partial charge in [-0.05, 0) is 112 Å². The van der Waals surface area contributed by atoms with E-state index in [9.17, 15) is 13.2 Å². The Morgan fingerprint density at radius 2 is 1.28 bits per heavy atom. The Bertz CT molecular complexity index is 1530. The van der Waals surface area contributed by atoms with E-state index in [1.165, 1.54) is 7.11 Å². The topological polar surface area (TPSA) is 81.7 Å². The lowest BCUT2D eigenvalue weighted by molar-refractivity contribution is -0.164. The van der Waals surface area contributed by atoms with Crippen molar-refractivity contribution in [2.24, 2.45) is 0 Å². The minimum Gasteiger partial charge on any atom is -0.467 e. The Balaban J connectivity index is 2.61. The molecule has 3 rings (SSSR count). The third kappa shape index (κ3) is 6.71. The molecule has 6 nitrogen and oxygen atoms in total. The van der Waals surface area contributed by atoms with Crippen LogP contribution in [0.3, 0.4) is 0 Å². The maximum Gasteiger partial charge on any atom is 0.339 e. The Labute approximate surface area is 233 Å². The van der Waals surface area contributed by atoms with Gasteiger partial charge in [-0.25, -0.2) is 13.2 Å². The fraction of sp³-hybridized carbons (Fsp3) is 0.406. The van der Waals surface area contributed by atoms with Gasteiger partial charge in [-0.15, -0.1) is 0 Å². The Hall–Kier alpha value is -3.16. The monoisotopic (exact) mass is 551 g/mol. The van der Waals surface area contributed by atoms with Crippen LogP contribution in [0.2, 0.25) is 0 Å². The van der Waals surface area contributed by atoms with E-state index in [1.807, 2.05) is 73.6 Å². The summed E-state index contributed by atoms with van der Waals surface area (Å²) in [4.78, 5) is 13.3. The second-order valence-corrected chi connectivity index (χ2v) is 13.1. The third-order valence-electron chi connectivity index (χ3n) is 7.08.